The summed E-state index contributed by atoms with van der Waals surface area (Å²) in [5, 5.41) is 0. The van der Waals surface area contributed by atoms with Crippen molar-refractivity contribution >= 4 is 15.9 Å². The van der Waals surface area contributed by atoms with Crippen molar-refractivity contribution in [2.75, 3.05) is 13.1 Å². The maximum absolute atomic E-state index is 5.70. The average Bonchev–Trinajstić information content (AvgIpc) is 2.32. The predicted molar refractivity (Wildman–Crippen MR) is 75.9 cm³/mol. The highest BCUT2D eigenvalue weighted by Gasteiger charge is 2.21. The van der Waals surface area contributed by atoms with Crippen LogP contribution in [0.5, 0.6) is 0 Å². The Kier molecular flexibility index (Phi) is 5.01. The van der Waals surface area contributed by atoms with Crippen molar-refractivity contribution in [1.29, 1.82) is 0 Å². The number of benzene rings is 1. The predicted octanol–water partition coefficient (Wildman–Crippen LogP) is 3.15. The molecular formula is C14H21BrN2. The molecule has 1 aromatic rings. The first-order valence-corrected chi connectivity index (χ1v) is 7.27. The van der Waals surface area contributed by atoms with Crippen LogP contribution < -0.4 is 5.73 Å². The van der Waals surface area contributed by atoms with Crippen LogP contribution in [-0.4, -0.2) is 24.0 Å². The van der Waals surface area contributed by atoms with E-state index in [0.29, 0.717) is 6.04 Å². The Bertz CT molecular complexity index is 352. The number of halogens is 1. The largest absolute Gasteiger partial charge is 0.330 e. The SMILES string of the molecule is NCCC1CCCCN1Cc1cccc(Br)c1. The molecule has 2 N–H and O–H groups in total. The van der Waals surface area contributed by atoms with Crippen LogP contribution >= 0.6 is 15.9 Å². The molecule has 0 spiro atoms. The van der Waals surface area contributed by atoms with Crippen LogP contribution in [0, 0.1) is 0 Å². The molecule has 1 heterocycles. The first-order chi connectivity index (χ1) is 8.29. The van der Waals surface area contributed by atoms with Crippen molar-refractivity contribution < 1.29 is 0 Å². The fraction of sp³-hybridized carbons (Fsp3) is 0.571. The number of hydrogen-bond acceptors (Lipinski definition) is 2. The Morgan fingerprint density at radius 3 is 3.00 bits per heavy atom. The van der Waals surface area contributed by atoms with Gasteiger partial charge in [-0.3, -0.25) is 4.90 Å². The molecule has 0 amide bonds. The molecule has 1 aliphatic heterocycles. The Morgan fingerprint density at radius 1 is 1.35 bits per heavy atom. The van der Waals surface area contributed by atoms with Crippen molar-refractivity contribution in [3.63, 3.8) is 0 Å². The number of piperidine rings is 1. The minimum Gasteiger partial charge on any atom is -0.330 e. The van der Waals surface area contributed by atoms with Crippen molar-refractivity contribution in [2.24, 2.45) is 5.73 Å². The number of likely N-dealkylation sites (tertiary alicyclic amines) is 1. The van der Waals surface area contributed by atoms with Crippen LogP contribution in [0.1, 0.15) is 31.2 Å². The summed E-state index contributed by atoms with van der Waals surface area (Å²) in [4.78, 5) is 2.60. The molecule has 3 heteroatoms. The summed E-state index contributed by atoms with van der Waals surface area (Å²) < 4.78 is 1.17. The van der Waals surface area contributed by atoms with Crippen LogP contribution in [-0.2, 0) is 6.54 Å². The zero-order chi connectivity index (χ0) is 12.1. The molecule has 0 aliphatic carbocycles. The van der Waals surface area contributed by atoms with E-state index in [4.69, 9.17) is 5.73 Å². The zero-order valence-corrected chi connectivity index (χ0v) is 11.8. The molecule has 1 fully saturated rings. The van der Waals surface area contributed by atoms with Gasteiger partial charge in [0.1, 0.15) is 0 Å². The number of rotatable bonds is 4. The molecule has 0 saturated carbocycles. The third-order valence-electron chi connectivity index (χ3n) is 3.52. The molecule has 1 unspecified atom stereocenters. The molecule has 0 aromatic heterocycles. The van der Waals surface area contributed by atoms with E-state index >= 15 is 0 Å². The molecule has 2 rings (SSSR count). The first kappa shape index (κ1) is 13.1. The van der Waals surface area contributed by atoms with E-state index in [1.54, 1.807) is 0 Å². The second kappa shape index (κ2) is 6.53. The molecule has 0 bridgehead atoms. The van der Waals surface area contributed by atoms with E-state index in [-0.39, 0.29) is 0 Å². The topological polar surface area (TPSA) is 29.3 Å². The first-order valence-electron chi connectivity index (χ1n) is 6.48. The third kappa shape index (κ3) is 3.80. The van der Waals surface area contributed by atoms with Crippen LogP contribution in [0.15, 0.2) is 28.7 Å². The van der Waals surface area contributed by atoms with Gasteiger partial charge in [-0.2, -0.15) is 0 Å². The lowest BCUT2D eigenvalue weighted by Crippen LogP contribution is -2.40. The maximum atomic E-state index is 5.70. The van der Waals surface area contributed by atoms with E-state index in [1.165, 1.54) is 35.8 Å². The van der Waals surface area contributed by atoms with E-state index in [1.807, 2.05) is 0 Å². The fourth-order valence-corrected chi connectivity index (χ4v) is 3.10. The summed E-state index contributed by atoms with van der Waals surface area (Å²) in [5.41, 5.74) is 7.10. The van der Waals surface area contributed by atoms with Crippen LogP contribution in [0.2, 0.25) is 0 Å². The van der Waals surface area contributed by atoms with E-state index < -0.39 is 0 Å². The standard InChI is InChI=1S/C14H21BrN2/c15-13-5-3-4-12(10-13)11-17-9-2-1-6-14(17)7-8-16/h3-5,10,14H,1-2,6-9,11,16H2. The second-order valence-corrected chi connectivity index (χ2v) is 5.74. The highest BCUT2D eigenvalue weighted by atomic mass is 79.9. The van der Waals surface area contributed by atoms with Gasteiger partial charge in [-0.25, -0.2) is 0 Å². The van der Waals surface area contributed by atoms with Gasteiger partial charge in [0.25, 0.3) is 0 Å². The van der Waals surface area contributed by atoms with E-state index in [2.05, 4.69) is 45.1 Å². The minimum absolute atomic E-state index is 0.688. The van der Waals surface area contributed by atoms with Gasteiger partial charge in [-0.1, -0.05) is 34.5 Å². The highest BCUT2D eigenvalue weighted by molar-refractivity contribution is 9.10. The fourth-order valence-electron chi connectivity index (χ4n) is 2.66. The minimum atomic E-state index is 0.688. The Balaban J connectivity index is 2.00. The summed E-state index contributed by atoms with van der Waals surface area (Å²) >= 11 is 3.53. The number of nitrogens with zero attached hydrogens (tertiary/aromatic N) is 1. The normalized spacial score (nSPS) is 21.6. The molecule has 1 atom stereocenters. The smallest absolute Gasteiger partial charge is 0.0237 e. The second-order valence-electron chi connectivity index (χ2n) is 4.83. The molecule has 2 nitrogen and oxygen atoms in total. The summed E-state index contributed by atoms with van der Waals surface area (Å²) in [6, 6.07) is 9.30. The van der Waals surface area contributed by atoms with Gasteiger partial charge in [0.15, 0.2) is 0 Å². The summed E-state index contributed by atoms with van der Waals surface area (Å²) in [6.45, 7) is 3.08. The third-order valence-corrected chi connectivity index (χ3v) is 4.02. The van der Waals surface area contributed by atoms with Crippen LogP contribution in [0.25, 0.3) is 0 Å². The van der Waals surface area contributed by atoms with Crippen molar-refractivity contribution in [3.05, 3.63) is 34.3 Å². The lowest BCUT2D eigenvalue weighted by atomic mass is 9.98. The molecule has 1 aromatic carbocycles. The molecule has 1 aliphatic rings. The number of hydrogen-bond donors (Lipinski definition) is 1. The summed E-state index contributed by atoms with van der Waals surface area (Å²) in [7, 11) is 0. The Morgan fingerprint density at radius 2 is 2.24 bits per heavy atom. The van der Waals surface area contributed by atoms with Crippen LogP contribution in [0.3, 0.4) is 0 Å². The Hall–Kier alpha value is -0.380. The Labute approximate surface area is 112 Å². The maximum Gasteiger partial charge on any atom is 0.0237 e. The average molecular weight is 297 g/mol. The zero-order valence-electron chi connectivity index (χ0n) is 10.2. The van der Waals surface area contributed by atoms with Crippen molar-refractivity contribution in [2.45, 2.75) is 38.3 Å². The quantitative estimate of drug-likeness (QED) is 0.925. The van der Waals surface area contributed by atoms with Gasteiger partial charge in [0.2, 0.25) is 0 Å². The van der Waals surface area contributed by atoms with Gasteiger partial charge in [0.05, 0.1) is 0 Å². The van der Waals surface area contributed by atoms with E-state index in [0.717, 1.165) is 19.5 Å². The van der Waals surface area contributed by atoms with Gasteiger partial charge in [0, 0.05) is 17.1 Å². The molecule has 0 radical (unpaired) electrons. The monoisotopic (exact) mass is 296 g/mol. The lowest BCUT2D eigenvalue weighted by Gasteiger charge is -2.35. The molecular weight excluding hydrogens is 276 g/mol. The van der Waals surface area contributed by atoms with Crippen LogP contribution in [0.4, 0.5) is 0 Å². The highest BCUT2D eigenvalue weighted by Crippen LogP contribution is 2.22. The van der Waals surface area contributed by atoms with Gasteiger partial charge >= 0.3 is 0 Å². The van der Waals surface area contributed by atoms with Gasteiger partial charge < -0.3 is 5.73 Å². The van der Waals surface area contributed by atoms with Crippen molar-refractivity contribution in [1.82, 2.24) is 4.90 Å². The van der Waals surface area contributed by atoms with Gasteiger partial charge in [-0.05, 0) is 50.0 Å². The number of nitrogens with two attached hydrogens (primary N) is 1. The molecule has 1 saturated heterocycles. The summed E-state index contributed by atoms with van der Waals surface area (Å²) in [5.74, 6) is 0. The molecule has 17 heavy (non-hydrogen) atoms. The van der Waals surface area contributed by atoms with Crippen molar-refractivity contribution in [3.8, 4) is 0 Å². The summed E-state index contributed by atoms with van der Waals surface area (Å²) in [6.07, 6.45) is 5.13. The van der Waals surface area contributed by atoms with Gasteiger partial charge in [-0.15, -0.1) is 0 Å². The molecule has 94 valence electrons. The lowest BCUT2D eigenvalue weighted by molar-refractivity contribution is 0.134. The van der Waals surface area contributed by atoms with E-state index in [9.17, 15) is 0 Å².